The summed E-state index contributed by atoms with van der Waals surface area (Å²) in [5, 5.41) is 10.1. The third kappa shape index (κ3) is 6.21. The van der Waals surface area contributed by atoms with E-state index < -0.39 is 36.1 Å². The first-order valence-corrected chi connectivity index (χ1v) is 17.6. The number of carbonyl (C=O) groups is 1. The number of imidazole rings is 1. The first kappa shape index (κ1) is 33.0. The van der Waals surface area contributed by atoms with Crippen molar-refractivity contribution >= 4 is 28.8 Å². The molecule has 0 bridgehead atoms. The third-order valence-corrected chi connectivity index (χ3v) is 9.91. The van der Waals surface area contributed by atoms with Gasteiger partial charge in [-0.15, -0.1) is 0 Å². The van der Waals surface area contributed by atoms with Crippen molar-refractivity contribution in [3.8, 4) is 0 Å². The van der Waals surface area contributed by atoms with Crippen molar-refractivity contribution in [1.29, 1.82) is 0 Å². The van der Waals surface area contributed by atoms with Crippen LogP contribution in [0.2, 0.25) is 0 Å². The van der Waals surface area contributed by atoms with Crippen molar-refractivity contribution < 1.29 is 28.5 Å². The highest BCUT2D eigenvalue weighted by molar-refractivity contribution is 5.85. The summed E-state index contributed by atoms with van der Waals surface area (Å²) in [6.45, 7) is 10.5. The van der Waals surface area contributed by atoms with Crippen molar-refractivity contribution in [3.05, 3.63) is 78.1 Å². The number of carbonyl (C=O) groups excluding carboxylic acids is 1. The molecule has 3 saturated heterocycles. The Hall–Kier alpha value is -4.14. The third-order valence-electron chi connectivity index (χ3n) is 9.91. The number of rotatable bonds is 10. The highest BCUT2D eigenvalue weighted by Crippen LogP contribution is 2.44. The zero-order valence-electron chi connectivity index (χ0n) is 29.0. The maximum atomic E-state index is 13.1. The number of likely N-dealkylation sites (N-methyl/N-ethyl adjacent to an activating group) is 1. The molecule has 2 aromatic carbocycles. The van der Waals surface area contributed by atoms with E-state index >= 15 is 0 Å². The van der Waals surface area contributed by atoms with E-state index in [1.165, 1.54) is 11.1 Å². The molecule has 4 aliphatic rings. The Balaban J connectivity index is 1.16. The number of nitrogens with one attached hydrogen (secondary N) is 3. The average Bonchev–Trinajstić information content (AvgIpc) is 3.89. The minimum atomic E-state index is -0.896. The van der Waals surface area contributed by atoms with Gasteiger partial charge in [0, 0.05) is 19.0 Å². The van der Waals surface area contributed by atoms with E-state index in [4.69, 9.17) is 38.6 Å². The molecule has 1 aliphatic carbocycles. The lowest BCUT2D eigenvalue weighted by atomic mass is 9.91. The number of hydrogen-bond donors (Lipinski definition) is 3. The van der Waals surface area contributed by atoms with Crippen LogP contribution in [-0.2, 0) is 28.5 Å². The van der Waals surface area contributed by atoms with Gasteiger partial charge in [0.05, 0.1) is 18.5 Å². The first-order valence-electron chi connectivity index (χ1n) is 17.6. The molecule has 2 aromatic heterocycles. The van der Waals surface area contributed by atoms with Gasteiger partial charge in [0.2, 0.25) is 5.95 Å². The zero-order chi connectivity index (χ0) is 34.6. The van der Waals surface area contributed by atoms with Gasteiger partial charge in [-0.1, -0.05) is 60.7 Å². The average molecular weight is 684 g/mol. The van der Waals surface area contributed by atoms with Gasteiger partial charge in [0.1, 0.15) is 18.3 Å². The van der Waals surface area contributed by atoms with Crippen molar-refractivity contribution in [1.82, 2.24) is 24.8 Å². The number of nitrogens with zero attached hydrogens (tertiary/aromatic N) is 4. The van der Waals surface area contributed by atoms with Gasteiger partial charge in [0.25, 0.3) is 5.91 Å². The van der Waals surface area contributed by atoms with Gasteiger partial charge in [-0.2, -0.15) is 9.97 Å². The molecule has 50 heavy (non-hydrogen) atoms. The number of fused-ring (bicyclic) bond motifs is 3. The molecular weight excluding hydrogens is 638 g/mol. The molecule has 0 spiro atoms. The molecule has 1 saturated carbocycles. The monoisotopic (exact) mass is 683 g/mol. The number of hydrogen-bond acceptors (Lipinski definition) is 11. The highest BCUT2D eigenvalue weighted by Gasteiger charge is 2.58. The molecule has 4 fully saturated rings. The Morgan fingerprint density at radius 2 is 1.54 bits per heavy atom. The molecule has 264 valence electrons. The molecule has 7 atom stereocenters. The second-order valence-electron chi connectivity index (χ2n) is 14.3. The van der Waals surface area contributed by atoms with Crippen LogP contribution >= 0.6 is 0 Å². The van der Waals surface area contributed by atoms with E-state index in [2.05, 4.69) is 64.5 Å². The maximum absolute atomic E-state index is 13.1. The van der Waals surface area contributed by atoms with Crippen molar-refractivity contribution in [2.24, 2.45) is 0 Å². The van der Waals surface area contributed by atoms with Crippen molar-refractivity contribution in [3.63, 3.8) is 0 Å². The second kappa shape index (κ2) is 12.9. The molecule has 1 amide bonds. The normalized spacial score (nSPS) is 29.3. The first-order chi connectivity index (χ1) is 24.1. The summed E-state index contributed by atoms with van der Waals surface area (Å²) in [4.78, 5) is 28.0. The minimum Gasteiger partial charge on any atom is -0.367 e. The fraction of sp³-hybridized carbons (Fsp3) is 0.514. The second-order valence-corrected chi connectivity index (χ2v) is 14.3. The minimum absolute atomic E-state index is 0.00440. The lowest BCUT2D eigenvalue weighted by molar-refractivity contribution is -0.197. The van der Waals surface area contributed by atoms with Crippen molar-refractivity contribution in [2.45, 2.75) is 108 Å². The van der Waals surface area contributed by atoms with Crippen LogP contribution in [0.15, 0.2) is 67.0 Å². The summed E-state index contributed by atoms with van der Waals surface area (Å²) < 4.78 is 33.3. The summed E-state index contributed by atoms with van der Waals surface area (Å²) in [6, 6.07) is 20.8. The van der Waals surface area contributed by atoms with E-state index in [0.29, 0.717) is 36.0 Å². The Labute approximate surface area is 291 Å². The van der Waals surface area contributed by atoms with Gasteiger partial charge in [-0.3, -0.25) is 9.36 Å². The summed E-state index contributed by atoms with van der Waals surface area (Å²) in [7, 11) is 0. The fourth-order valence-electron chi connectivity index (χ4n) is 7.83. The number of amides is 1. The van der Waals surface area contributed by atoms with Gasteiger partial charge in [-0.25, -0.2) is 4.98 Å². The van der Waals surface area contributed by atoms with Crippen LogP contribution in [0, 0.1) is 0 Å². The molecule has 8 rings (SSSR count). The standard InChI is InChI=1S/C37H45N7O6/c1-6-38-33(45)29-28-30(50-37(4,5)49-28)34(46-29)44-20-40-26-31(39-19-23(21-13-9-7-10-14-21)22-15-11-8-12-16-22)42-35(43-32(26)44)41-24-17-18-25-27(24)48-36(2,3)47-25/h7-16,20,23-25,27-30,34H,6,17-19H2,1-5H3,(H,38,45)(H2,39,41,42,43)/t24?,25-,27+,28+,29+,30+,34+/m0/s1. The summed E-state index contributed by atoms with van der Waals surface area (Å²) in [5.41, 5.74) is 3.47. The lowest BCUT2D eigenvalue weighted by Gasteiger charge is -2.25. The molecule has 1 unspecified atom stereocenters. The smallest absolute Gasteiger partial charge is 0.252 e. The van der Waals surface area contributed by atoms with E-state index in [-0.39, 0.29) is 30.1 Å². The molecule has 3 aliphatic heterocycles. The van der Waals surface area contributed by atoms with Crippen LogP contribution in [0.5, 0.6) is 0 Å². The molecular formula is C37H45N7O6. The lowest BCUT2D eigenvalue weighted by Crippen LogP contribution is -2.42. The van der Waals surface area contributed by atoms with Crippen LogP contribution in [0.1, 0.15) is 70.7 Å². The topological polar surface area (TPSA) is 143 Å². The molecule has 5 heterocycles. The predicted octanol–water partition coefficient (Wildman–Crippen LogP) is 4.72. The Morgan fingerprint density at radius 1 is 0.880 bits per heavy atom. The molecule has 3 N–H and O–H groups in total. The van der Waals surface area contributed by atoms with Gasteiger partial charge < -0.3 is 39.6 Å². The zero-order valence-corrected chi connectivity index (χ0v) is 29.0. The largest absolute Gasteiger partial charge is 0.367 e. The summed E-state index contributed by atoms with van der Waals surface area (Å²) >= 11 is 0. The quantitative estimate of drug-likeness (QED) is 0.214. The fourth-order valence-corrected chi connectivity index (χ4v) is 7.83. The van der Waals surface area contributed by atoms with Gasteiger partial charge >= 0.3 is 0 Å². The maximum Gasteiger partial charge on any atom is 0.252 e. The molecule has 0 radical (unpaired) electrons. The van der Waals surface area contributed by atoms with Crippen LogP contribution in [0.4, 0.5) is 11.8 Å². The predicted molar refractivity (Wildman–Crippen MR) is 185 cm³/mol. The number of ether oxygens (including phenoxy) is 5. The summed E-state index contributed by atoms with van der Waals surface area (Å²) in [5.74, 6) is -0.747. The molecule has 13 heteroatoms. The number of aromatic nitrogens is 4. The van der Waals surface area contributed by atoms with Crippen LogP contribution in [-0.4, -0.2) is 86.7 Å². The van der Waals surface area contributed by atoms with E-state index in [1.807, 2.05) is 51.3 Å². The van der Waals surface area contributed by atoms with Crippen molar-refractivity contribution in [2.75, 3.05) is 23.7 Å². The Kier molecular flexibility index (Phi) is 8.51. The van der Waals surface area contributed by atoms with Gasteiger partial charge in [0.15, 0.2) is 40.9 Å². The molecule has 13 nitrogen and oxygen atoms in total. The number of anilines is 2. The SMILES string of the molecule is CCNC(=O)[C@@H]1O[C@@H](n2cnc3c(NCC(c4ccccc4)c4ccccc4)nc(NC4CC[C@@H]5OC(C)(C)O[C@H]45)nc32)[C@@H]2OC(C)(C)O[C@@H]21. The van der Waals surface area contributed by atoms with E-state index in [9.17, 15) is 4.79 Å². The number of benzene rings is 2. The Morgan fingerprint density at radius 3 is 2.24 bits per heavy atom. The molecule has 4 aromatic rings. The highest BCUT2D eigenvalue weighted by atomic mass is 16.8. The van der Waals surface area contributed by atoms with E-state index in [0.717, 1.165) is 12.8 Å². The van der Waals surface area contributed by atoms with Crippen LogP contribution < -0.4 is 16.0 Å². The van der Waals surface area contributed by atoms with Crippen LogP contribution in [0.3, 0.4) is 0 Å². The van der Waals surface area contributed by atoms with Gasteiger partial charge in [-0.05, 0) is 58.6 Å². The Bertz CT molecular complexity index is 1800. The van der Waals surface area contributed by atoms with E-state index in [1.54, 1.807) is 6.33 Å². The summed E-state index contributed by atoms with van der Waals surface area (Å²) in [6.07, 6.45) is 0.518. The van der Waals surface area contributed by atoms with Crippen LogP contribution in [0.25, 0.3) is 11.2 Å².